The Bertz CT molecular complexity index is 454. The molecule has 2 nitrogen and oxygen atoms in total. The third-order valence-electron chi connectivity index (χ3n) is 2.59. The standard InChI is InChI=1S/C15H28N2Si2/c1-8-13-11-9-10-12-14(13)15(16-18(2,3)4)17-19(5,6)7/h9-12H,8H2,1-7H3,(H,16,17). The number of hydrogen-bond acceptors (Lipinski definition) is 1. The summed E-state index contributed by atoms with van der Waals surface area (Å²) in [5.41, 5.74) is 2.67. The van der Waals surface area contributed by atoms with E-state index in [1.807, 2.05) is 0 Å². The van der Waals surface area contributed by atoms with Gasteiger partial charge < -0.3 is 9.64 Å². The van der Waals surface area contributed by atoms with Crippen molar-refractivity contribution in [3.05, 3.63) is 35.4 Å². The van der Waals surface area contributed by atoms with Crippen LogP contribution in [0.3, 0.4) is 0 Å². The molecule has 19 heavy (non-hydrogen) atoms. The first-order chi connectivity index (χ1) is 8.62. The van der Waals surface area contributed by atoms with Gasteiger partial charge in [-0.15, -0.1) is 0 Å². The Morgan fingerprint density at radius 3 is 2.11 bits per heavy atom. The van der Waals surface area contributed by atoms with Gasteiger partial charge in [0.25, 0.3) is 0 Å². The molecule has 1 aromatic rings. The third-order valence-corrected chi connectivity index (χ3v) is 4.48. The van der Waals surface area contributed by atoms with Crippen LogP contribution in [0.15, 0.2) is 28.9 Å². The summed E-state index contributed by atoms with van der Waals surface area (Å²) in [6.45, 7) is 16.0. The number of nitrogens with one attached hydrogen (secondary N) is 1. The lowest BCUT2D eigenvalue weighted by atomic mass is 10.1. The molecular formula is C15H28N2Si2. The van der Waals surface area contributed by atoms with Crippen molar-refractivity contribution in [2.45, 2.75) is 52.6 Å². The van der Waals surface area contributed by atoms with Crippen LogP contribution in [0.5, 0.6) is 0 Å². The number of aryl methyl sites for hydroxylation is 1. The zero-order valence-corrected chi connectivity index (χ0v) is 15.5. The Kier molecular flexibility index (Phi) is 5.15. The minimum atomic E-state index is -1.49. The van der Waals surface area contributed by atoms with Gasteiger partial charge in [-0.1, -0.05) is 50.8 Å². The van der Waals surface area contributed by atoms with Crippen molar-refractivity contribution >= 4 is 22.3 Å². The van der Waals surface area contributed by atoms with E-state index in [0.717, 1.165) is 12.3 Å². The van der Waals surface area contributed by atoms with Gasteiger partial charge in [-0.05, 0) is 31.6 Å². The number of rotatable bonds is 4. The highest BCUT2D eigenvalue weighted by molar-refractivity contribution is 6.78. The predicted molar refractivity (Wildman–Crippen MR) is 92.2 cm³/mol. The molecule has 0 aliphatic rings. The topological polar surface area (TPSA) is 24.4 Å². The monoisotopic (exact) mass is 292 g/mol. The fourth-order valence-electron chi connectivity index (χ4n) is 1.91. The highest BCUT2D eigenvalue weighted by Gasteiger charge is 2.21. The zero-order chi connectivity index (χ0) is 14.7. The van der Waals surface area contributed by atoms with Crippen molar-refractivity contribution in [3.63, 3.8) is 0 Å². The molecule has 4 heteroatoms. The summed E-state index contributed by atoms with van der Waals surface area (Å²) in [4.78, 5) is 3.73. The van der Waals surface area contributed by atoms with E-state index < -0.39 is 16.5 Å². The lowest BCUT2D eigenvalue weighted by Crippen LogP contribution is -2.47. The van der Waals surface area contributed by atoms with Crippen LogP contribution >= 0.6 is 0 Å². The third kappa shape index (κ3) is 5.74. The van der Waals surface area contributed by atoms with Gasteiger partial charge in [-0.3, -0.25) is 0 Å². The smallest absolute Gasteiger partial charge is 0.175 e. The van der Waals surface area contributed by atoms with Crippen molar-refractivity contribution in [2.75, 3.05) is 0 Å². The van der Waals surface area contributed by atoms with E-state index in [4.69, 9.17) is 4.66 Å². The predicted octanol–water partition coefficient (Wildman–Crippen LogP) is 4.26. The van der Waals surface area contributed by atoms with E-state index in [-0.39, 0.29) is 0 Å². The molecule has 0 saturated carbocycles. The van der Waals surface area contributed by atoms with E-state index in [2.05, 4.69) is 75.5 Å². The molecule has 1 rings (SSSR count). The first kappa shape index (κ1) is 16.2. The van der Waals surface area contributed by atoms with Crippen LogP contribution in [0.25, 0.3) is 0 Å². The summed E-state index contributed by atoms with van der Waals surface area (Å²) in [5.74, 6) is 1.12. The van der Waals surface area contributed by atoms with E-state index in [9.17, 15) is 0 Å². The first-order valence-electron chi connectivity index (χ1n) is 7.09. The van der Waals surface area contributed by atoms with Crippen LogP contribution < -0.4 is 4.98 Å². The Hall–Kier alpha value is -0.876. The van der Waals surface area contributed by atoms with Gasteiger partial charge in [0.05, 0.1) is 0 Å². The first-order valence-corrected chi connectivity index (χ1v) is 14.0. The number of benzene rings is 1. The molecule has 1 aromatic carbocycles. The summed E-state index contributed by atoms with van der Waals surface area (Å²) < 4.78 is 5.05. The van der Waals surface area contributed by atoms with E-state index in [0.29, 0.717) is 0 Å². The van der Waals surface area contributed by atoms with Crippen molar-refractivity contribution in [1.29, 1.82) is 0 Å². The van der Waals surface area contributed by atoms with Crippen LogP contribution in [0.1, 0.15) is 18.1 Å². The molecule has 106 valence electrons. The molecule has 0 saturated heterocycles. The molecule has 0 atom stereocenters. The normalized spacial score (nSPS) is 13.5. The quantitative estimate of drug-likeness (QED) is 0.500. The molecule has 0 bridgehead atoms. The minimum Gasteiger partial charge on any atom is -0.396 e. The molecule has 0 spiro atoms. The molecule has 0 radical (unpaired) electrons. The molecule has 0 aliphatic carbocycles. The molecular weight excluding hydrogens is 264 g/mol. The molecule has 1 N–H and O–H groups in total. The van der Waals surface area contributed by atoms with Gasteiger partial charge in [-0.2, -0.15) is 0 Å². The molecule has 0 unspecified atom stereocenters. The SMILES string of the molecule is CCc1ccccc1/C(=N/[Si](C)(C)C)N[Si](C)(C)C. The second-order valence-corrected chi connectivity index (χ2v) is 16.3. The van der Waals surface area contributed by atoms with Gasteiger partial charge in [0.2, 0.25) is 0 Å². The average Bonchev–Trinajstić information content (AvgIpc) is 2.24. The maximum absolute atomic E-state index is 5.05. The van der Waals surface area contributed by atoms with Crippen LogP contribution in [-0.2, 0) is 6.42 Å². The highest BCUT2D eigenvalue weighted by atomic mass is 28.3. The van der Waals surface area contributed by atoms with Gasteiger partial charge in [-0.25, -0.2) is 0 Å². The molecule has 0 aromatic heterocycles. The Balaban J connectivity index is 3.28. The van der Waals surface area contributed by atoms with Gasteiger partial charge >= 0.3 is 0 Å². The largest absolute Gasteiger partial charge is 0.396 e. The van der Waals surface area contributed by atoms with Crippen molar-refractivity contribution < 1.29 is 0 Å². The van der Waals surface area contributed by atoms with Crippen LogP contribution in [0.4, 0.5) is 0 Å². The van der Waals surface area contributed by atoms with Gasteiger partial charge in [0.15, 0.2) is 8.24 Å². The molecule has 0 heterocycles. The van der Waals surface area contributed by atoms with Crippen LogP contribution in [-0.4, -0.2) is 22.3 Å². The maximum Gasteiger partial charge on any atom is 0.175 e. The maximum atomic E-state index is 5.05. The lowest BCUT2D eigenvalue weighted by Gasteiger charge is -2.25. The summed E-state index contributed by atoms with van der Waals surface area (Å²) in [7, 11) is -2.89. The van der Waals surface area contributed by atoms with Gasteiger partial charge in [0, 0.05) is 5.56 Å². The zero-order valence-electron chi connectivity index (χ0n) is 13.5. The van der Waals surface area contributed by atoms with E-state index >= 15 is 0 Å². The number of hydrogen-bond donors (Lipinski definition) is 1. The van der Waals surface area contributed by atoms with E-state index in [1.165, 1.54) is 11.1 Å². The van der Waals surface area contributed by atoms with Crippen molar-refractivity contribution in [3.8, 4) is 0 Å². The van der Waals surface area contributed by atoms with E-state index in [1.54, 1.807) is 0 Å². The number of amidine groups is 1. The Labute approximate surface area is 120 Å². The summed E-state index contributed by atoms with van der Waals surface area (Å²) in [5, 5.41) is 0. The lowest BCUT2D eigenvalue weighted by molar-refractivity contribution is 1.12. The van der Waals surface area contributed by atoms with Crippen molar-refractivity contribution in [1.82, 2.24) is 4.98 Å². The van der Waals surface area contributed by atoms with Crippen LogP contribution in [0, 0.1) is 0 Å². The minimum absolute atomic E-state index is 1.05. The van der Waals surface area contributed by atoms with Crippen molar-refractivity contribution in [2.24, 2.45) is 4.66 Å². The second kappa shape index (κ2) is 6.05. The second-order valence-electron chi connectivity index (χ2n) is 7.02. The summed E-state index contributed by atoms with van der Waals surface area (Å²) in [6.07, 6.45) is 1.05. The molecule has 0 aliphatic heterocycles. The summed E-state index contributed by atoms with van der Waals surface area (Å²) >= 11 is 0. The summed E-state index contributed by atoms with van der Waals surface area (Å²) in [6, 6.07) is 8.63. The molecule has 0 amide bonds. The highest BCUT2D eigenvalue weighted by Crippen LogP contribution is 2.14. The Morgan fingerprint density at radius 1 is 1.05 bits per heavy atom. The molecule has 0 fully saturated rings. The fraction of sp³-hybridized carbons (Fsp3) is 0.533. The Morgan fingerprint density at radius 2 is 1.63 bits per heavy atom. The number of nitrogens with zero attached hydrogens (tertiary/aromatic N) is 1. The van der Waals surface area contributed by atoms with Gasteiger partial charge in [0.1, 0.15) is 14.1 Å². The van der Waals surface area contributed by atoms with Crippen LogP contribution in [0.2, 0.25) is 39.3 Å². The average molecular weight is 293 g/mol. The fourth-order valence-corrected chi connectivity index (χ4v) is 3.77.